The SMILES string of the molecule is COc1ccc2ccccc2c1C1=NN(C(C)=O)C(c2cccc([N+](=O)[O-])c2)O1. The molecule has 1 unspecified atom stereocenters. The highest BCUT2D eigenvalue weighted by molar-refractivity contribution is 6.10. The summed E-state index contributed by atoms with van der Waals surface area (Å²) >= 11 is 0. The van der Waals surface area contributed by atoms with Crippen LogP contribution in [0, 0.1) is 10.1 Å². The van der Waals surface area contributed by atoms with Crippen LogP contribution in [0.5, 0.6) is 5.75 Å². The minimum Gasteiger partial charge on any atom is -0.496 e. The van der Waals surface area contributed by atoms with E-state index in [9.17, 15) is 14.9 Å². The number of ether oxygens (including phenoxy) is 2. The zero-order valence-corrected chi connectivity index (χ0v) is 15.7. The van der Waals surface area contributed by atoms with E-state index in [1.807, 2.05) is 36.4 Å². The van der Waals surface area contributed by atoms with Gasteiger partial charge in [0.25, 0.3) is 5.69 Å². The van der Waals surface area contributed by atoms with Crippen molar-refractivity contribution in [2.75, 3.05) is 7.11 Å². The van der Waals surface area contributed by atoms with Crippen molar-refractivity contribution in [3.05, 3.63) is 81.9 Å². The molecule has 1 amide bonds. The summed E-state index contributed by atoms with van der Waals surface area (Å²) in [6, 6.07) is 17.4. The number of nitrogens with zero attached hydrogens (tertiary/aromatic N) is 3. The maximum absolute atomic E-state index is 12.2. The third-order valence-electron chi connectivity index (χ3n) is 4.66. The van der Waals surface area contributed by atoms with Crippen LogP contribution in [0.1, 0.15) is 24.3 Å². The highest BCUT2D eigenvalue weighted by atomic mass is 16.6. The van der Waals surface area contributed by atoms with E-state index in [4.69, 9.17) is 9.47 Å². The van der Waals surface area contributed by atoms with Crippen LogP contribution in [0.3, 0.4) is 0 Å². The molecule has 0 bridgehead atoms. The number of hydrogen-bond donors (Lipinski definition) is 0. The molecule has 1 atom stereocenters. The molecule has 0 spiro atoms. The molecule has 0 saturated carbocycles. The molecule has 3 aromatic carbocycles. The summed E-state index contributed by atoms with van der Waals surface area (Å²) in [5.74, 6) is 0.409. The maximum Gasteiger partial charge on any atom is 0.269 e. The fourth-order valence-electron chi connectivity index (χ4n) is 3.32. The van der Waals surface area contributed by atoms with Crippen molar-refractivity contribution in [1.82, 2.24) is 5.01 Å². The predicted octanol–water partition coefficient (Wildman–Crippen LogP) is 4.00. The molecule has 0 saturated heterocycles. The second kappa shape index (κ2) is 7.23. The topological polar surface area (TPSA) is 94.3 Å². The van der Waals surface area contributed by atoms with Crippen molar-refractivity contribution < 1.29 is 19.2 Å². The van der Waals surface area contributed by atoms with E-state index >= 15 is 0 Å². The van der Waals surface area contributed by atoms with Crippen molar-refractivity contribution in [3.63, 3.8) is 0 Å². The number of nitro groups is 1. The van der Waals surface area contributed by atoms with Crippen LogP contribution < -0.4 is 4.74 Å². The average molecular weight is 391 g/mol. The second-order valence-electron chi connectivity index (χ2n) is 6.46. The molecular weight excluding hydrogens is 374 g/mol. The fourth-order valence-corrected chi connectivity index (χ4v) is 3.32. The van der Waals surface area contributed by atoms with Gasteiger partial charge in [-0.15, -0.1) is 5.10 Å². The molecule has 1 aliphatic rings. The zero-order valence-electron chi connectivity index (χ0n) is 15.7. The standard InChI is InChI=1S/C21H17N3O5/c1-13(25)23-21(15-7-5-8-16(12-15)24(26)27)29-20(22-23)19-17-9-4-3-6-14(17)10-11-18(19)28-2/h3-12,21H,1-2H3. The van der Waals surface area contributed by atoms with E-state index in [0.29, 0.717) is 16.9 Å². The minimum atomic E-state index is -0.911. The molecule has 8 heteroatoms. The molecule has 0 aromatic heterocycles. The number of methoxy groups -OCH3 is 1. The normalized spacial score (nSPS) is 15.7. The number of nitro benzene ring substituents is 1. The van der Waals surface area contributed by atoms with Gasteiger partial charge in [-0.3, -0.25) is 14.9 Å². The van der Waals surface area contributed by atoms with Crippen molar-refractivity contribution in [1.29, 1.82) is 0 Å². The Balaban J connectivity index is 1.82. The van der Waals surface area contributed by atoms with Gasteiger partial charge in [-0.2, -0.15) is 5.01 Å². The largest absolute Gasteiger partial charge is 0.496 e. The third kappa shape index (κ3) is 3.25. The zero-order chi connectivity index (χ0) is 20.5. The summed E-state index contributed by atoms with van der Waals surface area (Å²) in [7, 11) is 1.55. The third-order valence-corrected chi connectivity index (χ3v) is 4.66. The number of benzene rings is 3. The predicted molar refractivity (Wildman–Crippen MR) is 106 cm³/mol. The van der Waals surface area contributed by atoms with Gasteiger partial charge in [0, 0.05) is 24.6 Å². The van der Waals surface area contributed by atoms with Crippen LogP contribution in [0.2, 0.25) is 0 Å². The van der Waals surface area contributed by atoms with Crippen LogP contribution in [0.15, 0.2) is 65.8 Å². The Hall–Kier alpha value is -3.94. The van der Waals surface area contributed by atoms with Gasteiger partial charge >= 0.3 is 0 Å². The van der Waals surface area contributed by atoms with Gasteiger partial charge in [-0.05, 0) is 16.8 Å². The highest BCUT2D eigenvalue weighted by Gasteiger charge is 2.35. The fraction of sp³-hybridized carbons (Fsp3) is 0.143. The Morgan fingerprint density at radius 1 is 1.17 bits per heavy atom. The van der Waals surface area contributed by atoms with E-state index in [0.717, 1.165) is 10.8 Å². The Kier molecular flexibility index (Phi) is 4.59. The Bertz CT molecular complexity index is 1160. The second-order valence-corrected chi connectivity index (χ2v) is 6.46. The quantitative estimate of drug-likeness (QED) is 0.495. The first-order valence-corrected chi connectivity index (χ1v) is 8.85. The molecule has 1 aliphatic heterocycles. The summed E-state index contributed by atoms with van der Waals surface area (Å²) in [5, 5.41) is 18.5. The summed E-state index contributed by atoms with van der Waals surface area (Å²) in [5.41, 5.74) is 0.975. The molecule has 0 radical (unpaired) electrons. The number of amides is 1. The first-order chi connectivity index (χ1) is 14.0. The van der Waals surface area contributed by atoms with Gasteiger partial charge < -0.3 is 9.47 Å². The number of carbonyl (C=O) groups is 1. The Morgan fingerprint density at radius 2 is 1.97 bits per heavy atom. The van der Waals surface area contributed by atoms with Crippen LogP contribution >= 0.6 is 0 Å². The van der Waals surface area contributed by atoms with Gasteiger partial charge in [0.05, 0.1) is 17.6 Å². The average Bonchev–Trinajstić information content (AvgIpc) is 3.18. The van der Waals surface area contributed by atoms with Gasteiger partial charge in [0.1, 0.15) is 5.75 Å². The molecule has 4 rings (SSSR count). The van der Waals surface area contributed by atoms with Crippen LogP contribution in [-0.4, -0.2) is 28.8 Å². The van der Waals surface area contributed by atoms with E-state index in [-0.39, 0.29) is 17.5 Å². The van der Waals surface area contributed by atoms with Crippen LogP contribution in [0.4, 0.5) is 5.69 Å². The van der Waals surface area contributed by atoms with E-state index in [2.05, 4.69) is 5.10 Å². The minimum absolute atomic E-state index is 0.0919. The van der Waals surface area contributed by atoms with Crippen LogP contribution in [-0.2, 0) is 9.53 Å². The lowest BCUT2D eigenvalue weighted by Gasteiger charge is -2.19. The Labute approximate surface area is 166 Å². The first-order valence-electron chi connectivity index (χ1n) is 8.85. The molecule has 8 nitrogen and oxygen atoms in total. The van der Waals surface area contributed by atoms with Gasteiger partial charge in [-0.25, -0.2) is 0 Å². The maximum atomic E-state index is 12.2. The lowest BCUT2D eigenvalue weighted by atomic mass is 10.0. The summed E-state index contributed by atoms with van der Waals surface area (Å²) < 4.78 is 11.5. The monoisotopic (exact) mass is 391 g/mol. The summed E-state index contributed by atoms with van der Waals surface area (Å²) in [4.78, 5) is 22.9. The number of carbonyl (C=O) groups excluding carboxylic acids is 1. The van der Waals surface area contributed by atoms with Crippen molar-refractivity contribution >= 4 is 28.3 Å². The molecule has 29 heavy (non-hydrogen) atoms. The van der Waals surface area contributed by atoms with Gasteiger partial charge in [0.15, 0.2) is 0 Å². The van der Waals surface area contributed by atoms with Gasteiger partial charge in [-0.1, -0.05) is 42.5 Å². The van der Waals surface area contributed by atoms with Crippen molar-refractivity contribution in [3.8, 4) is 5.75 Å². The van der Waals surface area contributed by atoms with E-state index in [1.54, 1.807) is 19.2 Å². The number of hydrazone groups is 1. The van der Waals surface area contributed by atoms with Crippen LogP contribution in [0.25, 0.3) is 10.8 Å². The molecule has 0 N–H and O–H groups in total. The molecule has 0 fully saturated rings. The number of non-ortho nitro benzene ring substituents is 1. The Morgan fingerprint density at radius 3 is 2.69 bits per heavy atom. The van der Waals surface area contributed by atoms with E-state index in [1.165, 1.54) is 24.1 Å². The smallest absolute Gasteiger partial charge is 0.269 e. The number of fused-ring (bicyclic) bond motifs is 1. The number of hydrogen-bond acceptors (Lipinski definition) is 6. The molecule has 0 aliphatic carbocycles. The molecule has 1 heterocycles. The summed E-state index contributed by atoms with van der Waals surface area (Å²) in [6.07, 6.45) is -0.911. The van der Waals surface area contributed by atoms with Gasteiger partial charge in [0.2, 0.25) is 18.0 Å². The first kappa shape index (κ1) is 18.4. The molecule has 3 aromatic rings. The molecule has 146 valence electrons. The number of rotatable bonds is 4. The summed E-state index contributed by atoms with van der Waals surface area (Å²) in [6.45, 7) is 1.36. The van der Waals surface area contributed by atoms with E-state index < -0.39 is 11.2 Å². The van der Waals surface area contributed by atoms with Crippen molar-refractivity contribution in [2.45, 2.75) is 13.2 Å². The lowest BCUT2D eigenvalue weighted by molar-refractivity contribution is -0.385. The molecular formula is C21H17N3O5. The lowest BCUT2D eigenvalue weighted by Crippen LogP contribution is -2.25. The van der Waals surface area contributed by atoms with Crippen molar-refractivity contribution in [2.24, 2.45) is 5.10 Å². The highest BCUT2D eigenvalue weighted by Crippen LogP contribution is 2.36.